The lowest BCUT2D eigenvalue weighted by atomic mass is 9.92. The number of nitrogens with two attached hydrogens (primary N) is 1. The first-order valence-corrected chi connectivity index (χ1v) is 10.9. The summed E-state index contributed by atoms with van der Waals surface area (Å²) in [4.78, 5) is 26.2. The normalized spacial score (nSPS) is 22.6. The van der Waals surface area contributed by atoms with Crippen molar-refractivity contribution >= 4 is 21.8 Å². The Hall–Kier alpha value is -1.93. The van der Waals surface area contributed by atoms with Crippen LogP contribution in [-0.4, -0.2) is 55.6 Å². The second-order valence-corrected chi connectivity index (χ2v) is 9.46. The Morgan fingerprint density at radius 2 is 1.63 bits per heavy atom. The van der Waals surface area contributed by atoms with Crippen LogP contribution in [-0.2, 0) is 19.6 Å². The van der Waals surface area contributed by atoms with E-state index in [4.69, 9.17) is 5.73 Å². The van der Waals surface area contributed by atoms with Crippen LogP contribution in [0.1, 0.15) is 31.2 Å². The summed E-state index contributed by atoms with van der Waals surface area (Å²) in [5, 5.41) is 0. The lowest BCUT2D eigenvalue weighted by molar-refractivity contribution is -0.139. The fraction of sp³-hybridized carbons (Fsp3) is 0.579. The summed E-state index contributed by atoms with van der Waals surface area (Å²) < 4.78 is 27.0. The molecule has 8 heteroatoms. The number of likely N-dealkylation sites (tertiary alicyclic amines) is 1. The molecule has 2 amide bonds. The number of sulfonamides is 1. The molecule has 0 saturated carbocycles. The van der Waals surface area contributed by atoms with Gasteiger partial charge in [-0.05, 0) is 44.7 Å². The third-order valence-electron chi connectivity index (χ3n) is 5.60. The number of amides is 2. The van der Waals surface area contributed by atoms with Gasteiger partial charge in [-0.1, -0.05) is 17.7 Å². The maximum absolute atomic E-state index is 12.8. The molecular weight excluding hydrogens is 366 g/mol. The summed E-state index contributed by atoms with van der Waals surface area (Å²) in [7, 11) is -3.53. The van der Waals surface area contributed by atoms with Gasteiger partial charge < -0.3 is 10.6 Å². The molecule has 1 aromatic rings. The van der Waals surface area contributed by atoms with Crippen LogP contribution >= 0.6 is 0 Å². The van der Waals surface area contributed by atoms with E-state index in [2.05, 4.69) is 0 Å². The molecule has 1 atom stereocenters. The average molecular weight is 394 g/mol. The van der Waals surface area contributed by atoms with Gasteiger partial charge in [-0.15, -0.1) is 0 Å². The largest absolute Gasteiger partial charge is 0.369 e. The first-order valence-electron chi connectivity index (χ1n) is 9.44. The Bertz CT molecular complexity index is 799. The maximum Gasteiger partial charge on any atom is 0.243 e. The first kappa shape index (κ1) is 19.8. The summed E-state index contributed by atoms with van der Waals surface area (Å²) in [6.07, 6.45) is 2.51. The van der Waals surface area contributed by atoms with Crippen LogP contribution < -0.4 is 5.73 Å². The molecule has 148 valence electrons. The topological polar surface area (TPSA) is 101 Å². The number of carbonyl (C=O) groups is 2. The van der Waals surface area contributed by atoms with Gasteiger partial charge in [0, 0.05) is 32.1 Å². The van der Waals surface area contributed by atoms with Crippen LogP contribution in [0.3, 0.4) is 0 Å². The zero-order valence-electron chi connectivity index (χ0n) is 15.6. The number of hydrogen-bond donors (Lipinski definition) is 1. The summed E-state index contributed by atoms with van der Waals surface area (Å²) in [5.41, 5.74) is 6.40. The predicted octanol–water partition coefficient (Wildman–Crippen LogP) is 1.12. The molecule has 2 saturated heterocycles. The van der Waals surface area contributed by atoms with E-state index in [0.717, 1.165) is 18.4 Å². The highest BCUT2D eigenvalue weighted by atomic mass is 32.2. The quantitative estimate of drug-likeness (QED) is 0.828. The summed E-state index contributed by atoms with van der Waals surface area (Å²) in [6.45, 7) is 3.61. The maximum atomic E-state index is 12.8. The number of rotatable bonds is 4. The second-order valence-electron chi connectivity index (χ2n) is 7.52. The molecule has 0 spiro atoms. The average Bonchev–Trinajstić information content (AvgIpc) is 2.68. The standard InChI is InChI=1S/C19H27N3O4S/c1-14-4-6-17(7-5-14)27(25,26)22-11-8-15(9-12-22)19(24)21-10-2-3-16(13-21)18(20)23/h4-7,15-16H,2-3,8-13H2,1H3,(H2,20,23)/t16-/m0/s1. The molecule has 0 bridgehead atoms. The SMILES string of the molecule is Cc1ccc(S(=O)(=O)N2CCC(C(=O)N3CCC[C@H](C(N)=O)C3)CC2)cc1. The van der Waals surface area contributed by atoms with Crippen molar-refractivity contribution in [1.82, 2.24) is 9.21 Å². The predicted molar refractivity (Wildman–Crippen MR) is 101 cm³/mol. The lowest BCUT2D eigenvalue weighted by Crippen LogP contribution is -2.48. The van der Waals surface area contributed by atoms with Crippen molar-refractivity contribution in [3.63, 3.8) is 0 Å². The summed E-state index contributed by atoms with van der Waals surface area (Å²) in [5.74, 6) is -0.800. The van der Waals surface area contributed by atoms with E-state index in [1.165, 1.54) is 4.31 Å². The zero-order valence-corrected chi connectivity index (χ0v) is 16.5. The van der Waals surface area contributed by atoms with E-state index >= 15 is 0 Å². The first-order chi connectivity index (χ1) is 12.8. The number of piperidine rings is 2. The molecule has 0 radical (unpaired) electrons. The molecule has 0 aromatic heterocycles. The van der Waals surface area contributed by atoms with Crippen LogP contribution in [0.25, 0.3) is 0 Å². The van der Waals surface area contributed by atoms with Crippen molar-refractivity contribution in [3.8, 4) is 0 Å². The van der Waals surface area contributed by atoms with Gasteiger partial charge in [0.1, 0.15) is 0 Å². The second kappa shape index (κ2) is 7.98. The van der Waals surface area contributed by atoms with Gasteiger partial charge in [0.15, 0.2) is 0 Å². The van der Waals surface area contributed by atoms with Gasteiger partial charge in [0.2, 0.25) is 21.8 Å². The van der Waals surface area contributed by atoms with Crippen LogP contribution in [0.4, 0.5) is 0 Å². The van der Waals surface area contributed by atoms with Crippen molar-refractivity contribution in [3.05, 3.63) is 29.8 Å². The molecule has 7 nitrogen and oxygen atoms in total. The minimum absolute atomic E-state index is 0.0216. The highest BCUT2D eigenvalue weighted by Gasteiger charge is 2.35. The minimum Gasteiger partial charge on any atom is -0.369 e. The lowest BCUT2D eigenvalue weighted by Gasteiger charge is -2.36. The third-order valence-corrected chi connectivity index (χ3v) is 7.51. The van der Waals surface area contributed by atoms with Crippen molar-refractivity contribution in [2.45, 2.75) is 37.5 Å². The van der Waals surface area contributed by atoms with Crippen LogP contribution in [0, 0.1) is 18.8 Å². The highest BCUT2D eigenvalue weighted by Crippen LogP contribution is 2.27. The number of aryl methyl sites for hydroxylation is 1. The number of nitrogens with zero attached hydrogens (tertiary/aromatic N) is 2. The molecule has 2 N–H and O–H groups in total. The summed E-state index contributed by atoms with van der Waals surface area (Å²) >= 11 is 0. The molecule has 0 unspecified atom stereocenters. The van der Waals surface area contributed by atoms with Crippen molar-refractivity contribution in [1.29, 1.82) is 0 Å². The minimum atomic E-state index is -3.53. The Kier molecular flexibility index (Phi) is 5.86. The molecule has 27 heavy (non-hydrogen) atoms. The van der Waals surface area contributed by atoms with Gasteiger partial charge in [-0.3, -0.25) is 9.59 Å². The smallest absolute Gasteiger partial charge is 0.243 e. The van der Waals surface area contributed by atoms with E-state index in [9.17, 15) is 18.0 Å². The number of carbonyl (C=O) groups excluding carboxylic acids is 2. The molecule has 2 aliphatic heterocycles. The van der Waals surface area contributed by atoms with Gasteiger partial charge in [0.25, 0.3) is 0 Å². The highest BCUT2D eigenvalue weighted by molar-refractivity contribution is 7.89. The van der Waals surface area contributed by atoms with Crippen LogP contribution in [0.5, 0.6) is 0 Å². The third kappa shape index (κ3) is 4.32. The summed E-state index contributed by atoms with van der Waals surface area (Å²) in [6, 6.07) is 6.82. The molecule has 2 heterocycles. The molecule has 0 aliphatic carbocycles. The van der Waals surface area contributed by atoms with E-state index in [0.29, 0.717) is 43.9 Å². The van der Waals surface area contributed by atoms with Crippen molar-refractivity contribution in [2.75, 3.05) is 26.2 Å². The Morgan fingerprint density at radius 1 is 1.00 bits per heavy atom. The van der Waals surface area contributed by atoms with Crippen LogP contribution in [0.15, 0.2) is 29.2 Å². The van der Waals surface area contributed by atoms with Gasteiger partial charge in [-0.25, -0.2) is 8.42 Å². The Balaban J connectivity index is 1.60. The molecule has 1 aromatic carbocycles. The van der Waals surface area contributed by atoms with Crippen LogP contribution in [0.2, 0.25) is 0 Å². The van der Waals surface area contributed by atoms with E-state index in [1.807, 2.05) is 6.92 Å². The fourth-order valence-corrected chi connectivity index (χ4v) is 5.34. The van der Waals surface area contributed by atoms with Crippen molar-refractivity contribution in [2.24, 2.45) is 17.6 Å². The number of primary amides is 1. The monoisotopic (exact) mass is 393 g/mol. The van der Waals surface area contributed by atoms with Gasteiger partial charge in [0.05, 0.1) is 10.8 Å². The molecular formula is C19H27N3O4S. The van der Waals surface area contributed by atoms with E-state index < -0.39 is 10.0 Å². The van der Waals surface area contributed by atoms with E-state index in [-0.39, 0.29) is 23.7 Å². The fourth-order valence-electron chi connectivity index (χ4n) is 3.87. The van der Waals surface area contributed by atoms with E-state index in [1.54, 1.807) is 29.2 Å². The number of hydrogen-bond acceptors (Lipinski definition) is 4. The molecule has 2 fully saturated rings. The zero-order chi connectivity index (χ0) is 19.6. The molecule has 2 aliphatic rings. The molecule has 3 rings (SSSR count). The number of benzene rings is 1. The van der Waals surface area contributed by atoms with Crippen molar-refractivity contribution < 1.29 is 18.0 Å². The Labute approximate surface area is 160 Å². The van der Waals surface area contributed by atoms with Gasteiger partial charge >= 0.3 is 0 Å². The van der Waals surface area contributed by atoms with Gasteiger partial charge in [-0.2, -0.15) is 4.31 Å². The Morgan fingerprint density at radius 3 is 2.22 bits per heavy atom.